The minimum absolute atomic E-state index is 0.0696. The van der Waals surface area contributed by atoms with Crippen molar-refractivity contribution in [3.63, 3.8) is 0 Å². The highest BCUT2D eigenvalue weighted by Gasteiger charge is 2.24. The summed E-state index contributed by atoms with van der Waals surface area (Å²) in [6.45, 7) is 2.94. The first-order valence-electron chi connectivity index (χ1n) is 9.19. The highest BCUT2D eigenvalue weighted by molar-refractivity contribution is 5.76. The molecule has 0 radical (unpaired) electrons. The molecule has 1 aliphatic heterocycles. The number of amides is 1. The summed E-state index contributed by atoms with van der Waals surface area (Å²) in [4.78, 5) is 26.2. The second-order valence-electron chi connectivity index (χ2n) is 7.09. The number of carbonyl (C=O) groups excluding carboxylic acids is 1. The van der Waals surface area contributed by atoms with Crippen LogP contribution in [0.1, 0.15) is 30.5 Å². The van der Waals surface area contributed by atoms with Crippen LogP contribution in [-0.2, 0) is 17.8 Å². The number of aryl methyl sites for hydroxylation is 2. The number of hydrogen-bond donors (Lipinski definition) is 0. The largest absolute Gasteiger partial charge is 0.341 e. The van der Waals surface area contributed by atoms with Gasteiger partial charge < -0.3 is 4.90 Å². The topological polar surface area (TPSA) is 55.2 Å². The summed E-state index contributed by atoms with van der Waals surface area (Å²) in [5.41, 5.74) is 0.880. The van der Waals surface area contributed by atoms with Gasteiger partial charge in [-0.15, -0.1) is 0 Å². The lowest BCUT2D eigenvalue weighted by Crippen LogP contribution is -2.43. The van der Waals surface area contributed by atoms with Gasteiger partial charge in [0.1, 0.15) is 18.2 Å². The van der Waals surface area contributed by atoms with Crippen LogP contribution in [0.15, 0.2) is 35.1 Å². The van der Waals surface area contributed by atoms with Gasteiger partial charge in [0.25, 0.3) is 5.56 Å². The SMILES string of the molecule is Cc1ccc(=O)n(CC(=O)N2CCC[C@H](CCc3ccc(F)cc3F)C2)n1. The summed E-state index contributed by atoms with van der Waals surface area (Å²) in [6.07, 6.45) is 3.08. The lowest BCUT2D eigenvalue weighted by atomic mass is 9.91. The maximum Gasteiger partial charge on any atom is 0.267 e. The lowest BCUT2D eigenvalue weighted by molar-refractivity contribution is -0.134. The summed E-state index contributed by atoms with van der Waals surface area (Å²) >= 11 is 0. The van der Waals surface area contributed by atoms with Crippen LogP contribution in [-0.4, -0.2) is 33.7 Å². The van der Waals surface area contributed by atoms with E-state index in [2.05, 4.69) is 5.10 Å². The first kappa shape index (κ1) is 19.2. The van der Waals surface area contributed by atoms with E-state index in [1.165, 1.54) is 22.9 Å². The molecular formula is C20H23F2N3O2. The predicted octanol–water partition coefficient (Wildman–Crippen LogP) is 2.70. The van der Waals surface area contributed by atoms with Gasteiger partial charge in [-0.1, -0.05) is 6.07 Å². The van der Waals surface area contributed by atoms with Crippen LogP contribution in [0, 0.1) is 24.5 Å². The fraction of sp³-hybridized carbons (Fsp3) is 0.450. The minimum atomic E-state index is -0.578. The Morgan fingerprint density at radius 2 is 2.07 bits per heavy atom. The molecule has 2 aromatic rings. The van der Waals surface area contributed by atoms with Gasteiger partial charge in [-0.2, -0.15) is 5.10 Å². The van der Waals surface area contributed by atoms with E-state index in [1.807, 2.05) is 0 Å². The molecule has 1 aliphatic rings. The number of halogens is 2. The molecule has 3 rings (SSSR count). The molecule has 0 unspecified atom stereocenters. The smallest absolute Gasteiger partial charge is 0.267 e. The molecule has 7 heteroatoms. The Morgan fingerprint density at radius 3 is 2.85 bits per heavy atom. The second-order valence-corrected chi connectivity index (χ2v) is 7.09. The Balaban J connectivity index is 1.57. The van der Waals surface area contributed by atoms with E-state index in [0.717, 1.165) is 25.3 Å². The molecule has 2 heterocycles. The Hall–Kier alpha value is -2.57. The molecule has 1 aromatic carbocycles. The van der Waals surface area contributed by atoms with Gasteiger partial charge in [0.2, 0.25) is 5.91 Å². The van der Waals surface area contributed by atoms with Crippen molar-refractivity contribution in [3.8, 4) is 0 Å². The number of piperidine rings is 1. The Kier molecular flexibility index (Phi) is 5.98. The van der Waals surface area contributed by atoms with Crippen LogP contribution < -0.4 is 5.56 Å². The maximum atomic E-state index is 13.8. The van der Waals surface area contributed by atoms with Gasteiger partial charge in [0.05, 0.1) is 5.69 Å². The summed E-state index contributed by atoms with van der Waals surface area (Å²) in [6, 6.07) is 6.67. The maximum absolute atomic E-state index is 13.8. The van der Waals surface area contributed by atoms with Crippen LogP contribution in [0.3, 0.4) is 0 Å². The standard InChI is InChI=1S/C20H23F2N3O2/c1-14-4-9-19(26)25(23-14)13-20(27)24-10-2-3-15(12-24)5-6-16-7-8-17(21)11-18(16)22/h4,7-9,11,15H,2-3,5-6,10,12-13H2,1H3/t15-/m1/s1. The summed E-state index contributed by atoms with van der Waals surface area (Å²) in [7, 11) is 0. The minimum Gasteiger partial charge on any atom is -0.341 e. The number of benzene rings is 1. The normalized spacial score (nSPS) is 17.1. The molecule has 27 heavy (non-hydrogen) atoms. The molecule has 0 bridgehead atoms. The van der Waals surface area contributed by atoms with Crippen LogP contribution in [0.4, 0.5) is 8.78 Å². The van der Waals surface area contributed by atoms with Crippen molar-refractivity contribution < 1.29 is 13.6 Å². The summed E-state index contributed by atoms with van der Waals surface area (Å²) in [5.74, 6) is -0.975. The molecule has 0 aliphatic carbocycles. The van der Waals surface area contributed by atoms with E-state index in [-0.39, 0.29) is 23.9 Å². The average Bonchev–Trinajstić information content (AvgIpc) is 2.64. The first-order chi connectivity index (χ1) is 12.9. The average molecular weight is 375 g/mol. The van der Waals surface area contributed by atoms with Crippen LogP contribution in [0.2, 0.25) is 0 Å². The molecule has 1 fully saturated rings. The van der Waals surface area contributed by atoms with Crippen molar-refractivity contribution in [2.75, 3.05) is 13.1 Å². The van der Waals surface area contributed by atoms with Gasteiger partial charge in [-0.3, -0.25) is 9.59 Å². The van der Waals surface area contributed by atoms with Crippen LogP contribution >= 0.6 is 0 Å². The third-order valence-corrected chi connectivity index (χ3v) is 4.99. The Labute approximate surface area is 156 Å². The van der Waals surface area contributed by atoms with Crippen molar-refractivity contribution in [2.24, 2.45) is 5.92 Å². The fourth-order valence-corrected chi connectivity index (χ4v) is 3.50. The molecular weight excluding hydrogens is 352 g/mol. The monoisotopic (exact) mass is 375 g/mol. The quantitative estimate of drug-likeness (QED) is 0.807. The van der Waals surface area contributed by atoms with E-state index in [0.29, 0.717) is 30.8 Å². The van der Waals surface area contributed by atoms with Crippen molar-refractivity contribution in [3.05, 3.63) is 63.6 Å². The van der Waals surface area contributed by atoms with Crippen molar-refractivity contribution >= 4 is 5.91 Å². The molecule has 1 amide bonds. The second kappa shape index (κ2) is 8.41. The summed E-state index contributed by atoms with van der Waals surface area (Å²) < 4.78 is 28.0. The number of aromatic nitrogens is 2. The predicted molar refractivity (Wildman–Crippen MR) is 97.2 cm³/mol. The first-order valence-corrected chi connectivity index (χ1v) is 9.19. The van der Waals surface area contributed by atoms with Gasteiger partial charge in [0, 0.05) is 25.2 Å². The van der Waals surface area contributed by atoms with E-state index >= 15 is 0 Å². The Bertz CT molecular complexity index is 882. The van der Waals surface area contributed by atoms with Crippen molar-refractivity contribution in [1.29, 1.82) is 0 Å². The zero-order valence-corrected chi connectivity index (χ0v) is 15.3. The van der Waals surface area contributed by atoms with Gasteiger partial charge in [0.15, 0.2) is 0 Å². The van der Waals surface area contributed by atoms with Gasteiger partial charge >= 0.3 is 0 Å². The number of rotatable bonds is 5. The van der Waals surface area contributed by atoms with Gasteiger partial charge in [-0.25, -0.2) is 13.5 Å². The molecule has 0 N–H and O–H groups in total. The van der Waals surface area contributed by atoms with E-state index in [9.17, 15) is 18.4 Å². The lowest BCUT2D eigenvalue weighted by Gasteiger charge is -2.33. The van der Waals surface area contributed by atoms with Crippen LogP contribution in [0.25, 0.3) is 0 Å². The summed E-state index contributed by atoms with van der Waals surface area (Å²) in [5, 5.41) is 4.10. The third-order valence-electron chi connectivity index (χ3n) is 4.99. The molecule has 1 atom stereocenters. The molecule has 0 spiro atoms. The van der Waals surface area contributed by atoms with E-state index in [4.69, 9.17) is 0 Å². The van der Waals surface area contributed by atoms with Crippen LogP contribution in [0.5, 0.6) is 0 Å². The number of likely N-dealkylation sites (tertiary alicyclic amines) is 1. The van der Waals surface area contributed by atoms with Crippen molar-refractivity contribution in [2.45, 2.75) is 39.2 Å². The number of hydrogen-bond acceptors (Lipinski definition) is 3. The zero-order chi connectivity index (χ0) is 19.4. The van der Waals surface area contributed by atoms with E-state index < -0.39 is 11.6 Å². The molecule has 0 saturated carbocycles. The highest BCUT2D eigenvalue weighted by atomic mass is 19.1. The molecule has 1 saturated heterocycles. The number of nitrogens with zero attached hydrogens (tertiary/aromatic N) is 3. The third kappa shape index (κ3) is 4.99. The molecule has 1 aromatic heterocycles. The fourth-order valence-electron chi connectivity index (χ4n) is 3.50. The van der Waals surface area contributed by atoms with Gasteiger partial charge in [-0.05, 0) is 56.2 Å². The Morgan fingerprint density at radius 1 is 1.26 bits per heavy atom. The zero-order valence-electron chi connectivity index (χ0n) is 15.3. The van der Waals surface area contributed by atoms with E-state index in [1.54, 1.807) is 17.9 Å². The molecule has 144 valence electrons. The number of carbonyl (C=O) groups is 1. The van der Waals surface area contributed by atoms with Crippen molar-refractivity contribution in [1.82, 2.24) is 14.7 Å². The molecule has 5 nitrogen and oxygen atoms in total. The highest BCUT2D eigenvalue weighted by Crippen LogP contribution is 2.23.